The zero-order chi connectivity index (χ0) is 19.4. The number of rotatable bonds is 5. The normalized spacial score (nSPS) is 10.8. The fourth-order valence-corrected chi connectivity index (χ4v) is 3.50. The van der Waals surface area contributed by atoms with Gasteiger partial charge in [-0.05, 0) is 25.3 Å². The number of aromatic nitrogens is 1. The van der Waals surface area contributed by atoms with Gasteiger partial charge in [0.05, 0.1) is 19.3 Å². The van der Waals surface area contributed by atoms with Crippen LogP contribution in [0.2, 0.25) is 0 Å². The van der Waals surface area contributed by atoms with E-state index in [0.29, 0.717) is 11.6 Å². The minimum absolute atomic E-state index is 0.0366. The molecule has 0 fully saturated rings. The number of fused-ring (bicyclic) bond motifs is 1. The van der Waals surface area contributed by atoms with Gasteiger partial charge < -0.3 is 15.0 Å². The Balaban J connectivity index is 1.79. The van der Waals surface area contributed by atoms with E-state index in [9.17, 15) is 9.59 Å². The molecule has 0 atom stereocenters. The molecule has 0 saturated carbocycles. The summed E-state index contributed by atoms with van der Waals surface area (Å²) in [7, 11) is 1.32. The van der Waals surface area contributed by atoms with Crippen LogP contribution in [-0.2, 0) is 11.3 Å². The van der Waals surface area contributed by atoms with E-state index in [0.717, 1.165) is 16.5 Å². The fraction of sp³-hybridized carbons (Fsp3) is 0.250. The van der Waals surface area contributed by atoms with Gasteiger partial charge in [0.2, 0.25) is 0 Å². The van der Waals surface area contributed by atoms with Gasteiger partial charge in [-0.15, -0.1) is 11.3 Å². The summed E-state index contributed by atoms with van der Waals surface area (Å²) in [4.78, 5) is 30.4. The molecular formula is C20H21N3O3S. The van der Waals surface area contributed by atoms with Crippen LogP contribution in [0.4, 0.5) is 10.5 Å². The molecule has 2 amide bonds. The lowest BCUT2D eigenvalue weighted by Gasteiger charge is -2.26. The molecule has 1 aromatic heterocycles. The molecule has 0 radical (unpaired) electrons. The van der Waals surface area contributed by atoms with Crippen molar-refractivity contribution in [2.24, 2.45) is 0 Å². The van der Waals surface area contributed by atoms with Gasteiger partial charge in [0.25, 0.3) is 0 Å². The Morgan fingerprint density at radius 2 is 1.93 bits per heavy atom. The van der Waals surface area contributed by atoms with Crippen molar-refractivity contribution >= 4 is 39.8 Å². The molecule has 0 aliphatic heterocycles. The van der Waals surface area contributed by atoms with Gasteiger partial charge in [0, 0.05) is 16.8 Å². The highest BCUT2D eigenvalue weighted by molar-refractivity contribution is 7.09. The van der Waals surface area contributed by atoms with Crippen LogP contribution in [-0.4, -0.2) is 35.0 Å². The first-order chi connectivity index (χ1) is 13.0. The van der Waals surface area contributed by atoms with Crippen molar-refractivity contribution in [1.29, 1.82) is 0 Å². The van der Waals surface area contributed by atoms with E-state index in [2.05, 4.69) is 15.0 Å². The standard InChI is InChI=1S/C20H21N3O3S/c1-13(2)23(11-18-21-17(12-27-18)19(24)26-3)20(25)22-16-10-6-8-14-7-4-5-9-15(14)16/h4-10,12-13H,11H2,1-3H3,(H,22,25). The molecule has 0 spiro atoms. The van der Waals surface area contributed by atoms with Crippen molar-refractivity contribution in [2.75, 3.05) is 12.4 Å². The number of esters is 1. The van der Waals surface area contributed by atoms with Gasteiger partial charge in [-0.3, -0.25) is 0 Å². The van der Waals surface area contributed by atoms with E-state index in [1.165, 1.54) is 18.4 Å². The lowest BCUT2D eigenvalue weighted by Crippen LogP contribution is -2.39. The first-order valence-electron chi connectivity index (χ1n) is 8.57. The van der Waals surface area contributed by atoms with Gasteiger partial charge in [0.1, 0.15) is 5.01 Å². The van der Waals surface area contributed by atoms with Crippen LogP contribution >= 0.6 is 11.3 Å². The number of hydrogen-bond donors (Lipinski definition) is 1. The van der Waals surface area contributed by atoms with Crippen LogP contribution in [0.15, 0.2) is 47.8 Å². The average molecular weight is 383 g/mol. The Morgan fingerprint density at radius 3 is 2.67 bits per heavy atom. The number of amides is 2. The first kappa shape index (κ1) is 18.8. The Labute approximate surface area is 161 Å². The monoisotopic (exact) mass is 383 g/mol. The lowest BCUT2D eigenvalue weighted by molar-refractivity contribution is 0.0594. The van der Waals surface area contributed by atoms with E-state index >= 15 is 0 Å². The predicted octanol–water partition coefficient (Wildman–Crippen LogP) is 4.53. The third-order valence-electron chi connectivity index (χ3n) is 4.17. The molecule has 7 heteroatoms. The number of methoxy groups -OCH3 is 1. The zero-order valence-electron chi connectivity index (χ0n) is 15.4. The predicted molar refractivity (Wildman–Crippen MR) is 107 cm³/mol. The maximum absolute atomic E-state index is 12.9. The summed E-state index contributed by atoms with van der Waals surface area (Å²) < 4.78 is 4.68. The summed E-state index contributed by atoms with van der Waals surface area (Å²) in [5.74, 6) is -0.478. The van der Waals surface area contributed by atoms with Crippen LogP contribution in [0.25, 0.3) is 10.8 Å². The van der Waals surface area contributed by atoms with Crippen molar-refractivity contribution in [3.05, 3.63) is 58.5 Å². The minimum Gasteiger partial charge on any atom is -0.464 e. The van der Waals surface area contributed by atoms with Crippen LogP contribution in [0.1, 0.15) is 29.3 Å². The number of carbonyl (C=O) groups excluding carboxylic acids is 2. The number of hydrogen-bond acceptors (Lipinski definition) is 5. The fourth-order valence-electron chi connectivity index (χ4n) is 2.74. The zero-order valence-corrected chi connectivity index (χ0v) is 16.2. The quantitative estimate of drug-likeness (QED) is 0.657. The first-order valence-corrected chi connectivity index (χ1v) is 9.45. The molecule has 140 valence electrons. The second-order valence-electron chi connectivity index (χ2n) is 6.30. The van der Waals surface area contributed by atoms with Gasteiger partial charge in [-0.2, -0.15) is 0 Å². The highest BCUT2D eigenvalue weighted by Crippen LogP contribution is 2.24. The Morgan fingerprint density at radius 1 is 1.19 bits per heavy atom. The number of thiazole rings is 1. The third kappa shape index (κ3) is 4.25. The van der Waals surface area contributed by atoms with E-state index in [4.69, 9.17) is 0 Å². The van der Waals surface area contributed by atoms with E-state index in [1.807, 2.05) is 56.3 Å². The van der Waals surface area contributed by atoms with Gasteiger partial charge in [0.15, 0.2) is 5.69 Å². The number of urea groups is 1. The molecule has 1 N–H and O–H groups in total. The molecule has 3 aromatic rings. The molecule has 2 aromatic carbocycles. The molecule has 0 aliphatic rings. The second kappa shape index (κ2) is 8.18. The maximum atomic E-state index is 12.9. The highest BCUT2D eigenvalue weighted by Gasteiger charge is 2.21. The Bertz CT molecular complexity index is 963. The second-order valence-corrected chi connectivity index (χ2v) is 7.24. The van der Waals surface area contributed by atoms with Crippen molar-refractivity contribution in [1.82, 2.24) is 9.88 Å². The number of anilines is 1. The highest BCUT2D eigenvalue weighted by atomic mass is 32.1. The minimum atomic E-state index is -0.478. The third-order valence-corrected chi connectivity index (χ3v) is 5.00. The van der Waals surface area contributed by atoms with E-state index in [1.54, 1.807) is 10.3 Å². The molecule has 0 aliphatic carbocycles. The van der Waals surface area contributed by atoms with Gasteiger partial charge in [-0.25, -0.2) is 14.6 Å². The van der Waals surface area contributed by atoms with Crippen molar-refractivity contribution in [3.8, 4) is 0 Å². The molecular weight excluding hydrogens is 362 g/mol. The van der Waals surface area contributed by atoms with Crippen LogP contribution in [0, 0.1) is 0 Å². The summed E-state index contributed by atoms with van der Waals surface area (Å²) in [6.45, 7) is 4.20. The maximum Gasteiger partial charge on any atom is 0.357 e. The number of carbonyl (C=O) groups is 2. The molecule has 0 bridgehead atoms. The summed E-state index contributed by atoms with van der Waals surface area (Å²) in [5.41, 5.74) is 1.02. The lowest BCUT2D eigenvalue weighted by atomic mass is 10.1. The molecule has 0 saturated heterocycles. The Kier molecular flexibility index (Phi) is 5.71. The smallest absolute Gasteiger partial charge is 0.357 e. The largest absolute Gasteiger partial charge is 0.464 e. The summed E-state index contributed by atoms with van der Waals surface area (Å²) in [6, 6.07) is 13.5. The number of benzene rings is 2. The van der Waals surface area contributed by atoms with Crippen molar-refractivity contribution in [3.63, 3.8) is 0 Å². The molecule has 3 rings (SSSR count). The van der Waals surface area contributed by atoms with Crippen LogP contribution < -0.4 is 5.32 Å². The SMILES string of the molecule is COC(=O)c1csc(CN(C(=O)Nc2cccc3ccccc23)C(C)C)n1. The topological polar surface area (TPSA) is 71.5 Å². The molecule has 6 nitrogen and oxygen atoms in total. The Hall–Kier alpha value is -2.93. The van der Waals surface area contributed by atoms with Crippen molar-refractivity contribution < 1.29 is 14.3 Å². The summed E-state index contributed by atoms with van der Waals surface area (Å²) >= 11 is 1.33. The summed E-state index contributed by atoms with van der Waals surface area (Å²) in [6.07, 6.45) is 0. The molecule has 1 heterocycles. The van der Waals surface area contributed by atoms with E-state index in [-0.39, 0.29) is 17.8 Å². The number of ether oxygens (including phenoxy) is 1. The van der Waals surface area contributed by atoms with E-state index < -0.39 is 5.97 Å². The van der Waals surface area contributed by atoms with Crippen LogP contribution in [0.5, 0.6) is 0 Å². The van der Waals surface area contributed by atoms with Crippen LogP contribution in [0.3, 0.4) is 0 Å². The molecule has 0 unspecified atom stereocenters. The molecule has 27 heavy (non-hydrogen) atoms. The van der Waals surface area contributed by atoms with Gasteiger partial charge in [-0.1, -0.05) is 36.4 Å². The average Bonchev–Trinajstić information content (AvgIpc) is 3.14. The van der Waals surface area contributed by atoms with Gasteiger partial charge >= 0.3 is 12.0 Å². The number of nitrogens with zero attached hydrogens (tertiary/aromatic N) is 2. The van der Waals surface area contributed by atoms with Crippen molar-refractivity contribution in [2.45, 2.75) is 26.4 Å². The summed E-state index contributed by atoms with van der Waals surface area (Å²) in [5, 5.41) is 7.37. The number of nitrogens with one attached hydrogen (secondary N) is 1.